The van der Waals surface area contributed by atoms with E-state index in [0.717, 1.165) is 19.6 Å². The molecule has 15 heavy (non-hydrogen) atoms. The molecule has 84 valence electrons. The first-order valence-electron chi connectivity index (χ1n) is 5.62. The van der Waals surface area contributed by atoms with E-state index in [1.807, 2.05) is 25.2 Å². The number of benzene rings is 1. The van der Waals surface area contributed by atoms with E-state index in [1.54, 1.807) is 0 Å². The Kier molecular flexibility index (Phi) is 6.05. The minimum atomic E-state index is 0.588. The third-order valence-electron chi connectivity index (χ3n) is 2.53. The van der Waals surface area contributed by atoms with Gasteiger partial charge in [0.25, 0.3) is 0 Å². The SMILES string of the molecule is CNC(C)CCCOCc1ccccc1. The van der Waals surface area contributed by atoms with Crippen LogP contribution in [0.5, 0.6) is 0 Å². The molecule has 0 saturated carbocycles. The Balaban J connectivity index is 2.03. The van der Waals surface area contributed by atoms with E-state index >= 15 is 0 Å². The average Bonchev–Trinajstić information content (AvgIpc) is 2.29. The van der Waals surface area contributed by atoms with Crippen LogP contribution in [0.3, 0.4) is 0 Å². The third-order valence-corrected chi connectivity index (χ3v) is 2.53. The zero-order valence-corrected chi connectivity index (χ0v) is 9.70. The molecule has 0 fully saturated rings. The molecule has 1 atom stereocenters. The molecule has 2 heteroatoms. The number of rotatable bonds is 7. The van der Waals surface area contributed by atoms with Crippen LogP contribution in [0.4, 0.5) is 0 Å². The molecule has 1 N–H and O–H groups in total. The molecule has 1 rings (SSSR count). The van der Waals surface area contributed by atoms with Gasteiger partial charge in [-0.15, -0.1) is 0 Å². The largest absolute Gasteiger partial charge is 0.377 e. The molecular weight excluding hydrogens is 186 g/mol. The highest BCUT2D eigenvalue weighted by Gasteiger charge is 1.97. The van der Waals surface area contributed by atoms with Gasteiger partial charge in [-0.25, -0.2) is 0 Å². The fraction of sp³-hybridized carbons (Fsp3) is 0.538. The van der Waals surface area contributed by atoms with Crippen LogP contribution in [0.1, 0.15) is 25.3 Å². The maximum absolute atomic E-state index is 5.59. The van der Waals surface area contributed by atoms with Crippen LogP contribution >= 0.6 is 0 Å². The Hall–Kier alpha value is -0.860. The highest BCUT2D eigenvalue weighted by atomic mass is 16.5. The first-order valence-corrected chi connectivity index (χ1v) is 5.62. The second kappa shape index (κ2) is 7.43. The molecule has 0 heterocycles. The number of hydrogen-bond donors (Lipinski definition) is 1. The summed E-state index contributed by atoms with van der Waals surface area (Å²) in [5, 5.41) is 3.22. The third kappa shape index (κ3) is 5.55. The summed E-state index contributed by atoms with van der Waals surface area (Å²) < 4.78 is 5.59. The minimum Gasteiger partial charge on any atom is -0.377 e. The van der Waals surface area contributed by atoms with Gasteiger partial charge in [0, 0.05) is 12.6 Å². The van der Waals surface area contributed by atoms with Gasteiger partial charge in [-0.05, 0) is 32.4 Å². The summed E-state index contributed by atoms with van der Waals surface area (Å²) in [6, 6.07) is 10.9. The summed E-state index contributed by atoms with van der Waals surface area (Å²) >= 11 is 0. The monoisotopic (exact) mass is 207 g/mol. The highest BCUT2D eigenvalue weighted by Crippen LogP contribution is 2.02. The first-order chi connectivity index (χ1) is 7.33. The minimum absolute atomic E-state index is 0.588. The Morgan fingerprint density at radius 2 is 2.00 bits per heavy atom. The lowest BCUT2D eigenvalue weighted by atomic mass is 10.2. The van der Waals surface area contributed by atoms with Crippen molar-refractivity contribution in [2.24, 2.45) is 0 Å². The van der Waals surface area contributed by atoms with Crippen molar-refractivity contribution >= 4 is 0 Å². The van der Waals surface area contributed by atoms with E-state index in [2.05, 4.69) is 24.4 Å². The maximum atomic E-state index is 5.59. The van der Waals surface area contributed by atoms with Crippen molar-refractivity contribution in [2.75, 3.05) is 13.7 Å². The van der Waals surface area contributed by atoms with E-state index < -0.39 is 0 Å². The lowest BCUT2D eigenvalue weighted by Gasteiger charge is -2.09. The standard InChI is InChI=1S/C13H21NO/c1-12(14-2)7-6-10-15-11-13-8-4-3-5-9-13/h3-5,8-9,12,14H,6-7,10-11H2,1-2H3. The molecule has 0 aliphatic rings. The van der Waals surface area contributed by atoms with Crippen LogP contribution in [0.25, 0.3) is 0 Å². The Labute approximate surface area is 92.6 Å². The van der Waals surface area contributed by atoms with E-state index in [4.69, 9.17) is 4.74 Å². The molecule has 0 saturated heterocycles. The highest BCUT2D eigenvalue weighted by molar-refractivity contribution is 5.13. The van der Waals surface area contributed by atoms with Gasteiger partial charge >= 0.3 is 0 Å². The van der Waals surface area contributed by atoms with Crippen molar-refractivity contribution in [3.8, 4) is 0 Å². The molecule has 1 unspecified atom stereocenters. The van der Waals surface area contributed by atoms with E-state index in [-0.39, 0.29) is 0 Å². The predicted octanol–water partition coefficient (Wildman–Crippen LogP) is 2.59. The van der Waals surface area contributed by atoms with Crippen LogP contribution in [0, 0.1) is 0 Å². The topological polar surface area (TPSA) is 21.3 Å². The number of hydrogen-bond acceptors (Lipinski definition) is 2. The Morgan fingerprint density at radius 3 is 2.67 bits per heavy atom. The van der Waals surface area contributed by atoms with Crippen molar-refractivity contribution in [2.45, 2.75) is 32.4 Å². The summed E-state index contributed by atoms with van der Waals surface area (Å²) in [5.41, 5.74) is 1.25. The van der Waals surface area contributed by atoms with Crippen LogP contribution in [-0.2, 0) is 11.3 Å². The summed E-state index contributed by atoms with van der Waals surface area (Å²) in [5.74, 6) is 0. The quantitative estimate of drug-likeness (QED) is 0.694. The molecule has 0 spiro atoms. The smallest absolute Gasteiger partial charge is 0.0716 e. The summed E-state index contributed by atoms with van der Waals surface area (Å²) in [6.07, 6.45) is 2.29. The zero-order chi connectivity index (χ0) is 10.9. The molecule has 0 aromatic heterocycles. The van der Waals surface area contributed by atoms with Gasteiger partial charge in [-0.1, -0.05) is 30.3 Å². The second-order valence-electron chi connectivity index (χ2n) is 3.87. The van der Waals surface area contributed by atoms with Gasteiger partial charge in [0.05, 0.1) is 6.61 Å². The Morgan fingerprint density at radius 1 is 1.27 bits per heavy atom. The van der Waals surface area contributed by atoms with E-state index in [9.17, 15) is 0 Å². The lowest BCUT2D eigenvalue weighted by molar-refractivity contribution is 0.115. The number of nitrogens with one attached hydrogen (secondary N) is 1. The van der Waals surface area contributed by atoms with Crippen molar-refractivity contribution < 1.29 is 4.74 Å². The van der Waals surface area contributed by atoms with Crippen LogP contribution in [0.2, 0.25) is 0 Å². The van der Waals surface area contributed by atoms with E-state index in [0.29, 0.717) is 6.04 Å². The summed E-state index contributed by atoms with van der Waals surface area (Å²) in [4.78, 5) is 0. The van der Waals surface area contributed by atoms with Crippen LogP contribution in [0.15, 0.2) is 30.3 Å². The molecule has 0 radical (unpaired) electrons. The molecule has 0 bridgehead atoms. The summed E-state index contributed by atoms with van der Waals surface area (Å²) in [6.45, 7) is 3.77. The van der Waals surface area contributed by atoms with Crippen molar-refractivity contribution in [1.82, 2.24) is 5.32 Å². The van der Waals surface area contributed by atoms with Gasteiger partial charge < -0.3 is 10.1 Å². The second-order valence-corrected chi connectivity index (χ2v) is 3.87. The molecule has 2 nitrogen and oxygen atoms in total. The Bertz CT molecular complexity index is 248. The van der Waals surface area contributed by atoms with Gasteiger partial charge in [-0.2, -0.15) is 0 Å². The molecule has 1 aromatic rings. The number of ether oxygens (including phenoxy) is 1. The average molecular weight is 207 g/mol. The normalized spacial score (nSPS) is 12.7. The summed E-state index contributed by atoms with van der Waals surface area (Å²) in [7, 11) is 2.00. The predicted molar refractivity (Wildman–Crippen MR) is 63.9 cm³/mol. The van der Waals surface area contributed by atoms with Crippen molar-refractivity contribution in [3.63, 3.8) is 0 Å². The molecule has 1 aromatic carbocycles. The van der Waals surface area contributed by atoms with Gasteiger partial charge in [-0.3, -0.25) is 0 Å². The van der Waals surface area contributed by atoms with Crippen LogP contribution < -0.4 is 5.32 Å². The molecule has 0 aliphatic carbocycles. The maximum Gasteiger partial charge on any atom is 0.0716 e. The lowest BCUT2D eigenvalue weighted by Crippen LogP contribution is -2.21. The van der Waals surface area contributed by atoms with Gasteiger partial charge in [0.15, 0.2) is 0 Å². The van der Waals surface area contributed by atoms with Crippen molar-refractivity contribution in [3.05, 3.63) is 35.9 Å². The fourth-order valence-electron chi connectivity index (χ4n) is 1.40. The fourth-order valence-corrected chi connectivity index (χ4v) is 1.40. The zero-order valence-electron chi connectivity index (χ0n) is 9.70. The van der Waals surface area contributed by atoms with Crippen LogP contribution in [-0.4, -0.2) is 19.7 Å². The van der Waals surface area contributed by atoms with Crippen molar-refractivity contribution in [1.29, 1.82) is 0 Å². The van der Waals surface area contributed by atoms with Gasteiger partial charge in [0.2, 0.25) is 0 Å². The molecule has 0 amide bonds. The molecule has 0 aliphatic heterocycles. The first kappa shape index (κ1) is 12.2. The van der Waals surface area contributed by atoms with Gasteiger partial charge in [0.1, 0.15) is 0 Å². The molecular formula is C13H21NO. The van der Waals surface area contributed by atoms with E-state index in [1.165, 1.54) is 12.0 Å².